The zero-order chi connectivity index (χ0) is 17.6. The van der Waals surface area contributed by atoms with Crippen LogP contribution in [0.15, 0.2) is 18.2 Å². The van der Waals surface area contributed by atoms with Gasteiger partial charge in [0.05, 0.1) is 13.2 Å². The van der Waals surface area contributed by atoms with Gasteiger partial charge in [-0.1, -0.05) is 26.3 Å². The van der Waals surface area contributed by atoms with E-state index in [2.05, 4.69) is 41.9 Å². The second-order valence-electron chi connectivity index (χ2n) is 7.89. The fraction of sp³-hybridized carbons (Fsp3) is 0.619. The van der Waals surface area contributed by atoms with Gasteiger partial charge >= 0.3 is 0 Å². The van der Waals surface area contributed by atoms with Gasteiger partial charge in [-0.2, -0.15) is 0 Å². The lowest BCUT2D eigenvalue weighted by molar-refractivity contribution is 0.0144. The highest BCUT2D eigenvalue weighted by Crippen LogP contribution is 2.46. The molecule has 2 N–H and O–H groups in total. The Balaban J connectivity index is 1.75. The van der Waals surface area contributed by atoms with E-state index in [1.54, 1.807) is 7.11 Å². The normalized spacial score (nSPS) is 27.8. The number of nitrogens with one attached hydrogen (secondary N) is 1. The number of aromatic amines is 1. The molecule has 1 fully saturated rings. The second kappa shape index (κ2) is 6.65. The number of hydrogen-bond acceptors (Lipinski definition) is 3. The summed E-state index contributed by atoms with van der Waals surface area (Å²) in [6.07, 6.45) is 3.43. The predicted octanol–water partition coefficient (Wildman–Crippen LogP) is 3.75. The van der Waals surface area contributed by atoms with Crippen molar-refractivity contribution in [2.75, 3.05) is 26.8 Å². The first kappa shape index (κ1) is 16.9. The first-order valence-corrected chi connectivity index (χ1v) is 9.70. The van der Waals surface area contributed by atoms with Crippen LogP contribution >= 0.6 is 0 Å². The highest BCUT2D eigenvalue weighted by Gasteiger charge is 2.41. The summed E-state index contributed by atoms with van der Waals surface area (Å²) in [4.78, 5) is 6.38. The summed E-state index contributed by atoms with van der Waals surface area (Å²) in [7, 11) is 1.76. The molecule has 4 atom stereocenters. The van der Waals surface area contributed by atoms with E-state index in [1.807, 2.05) is 0 Å². The van der Waals surface area contributed by atoms with Crippen LogP contribution in [0.4, 0.5) is 0 Å². The molecule has 2 aliphatic heterocycles. The van der Waals surface area contributed by atoms with Gasteiger partial charge in [0.15, 0.2) is 0 Å². The van der Waals surface area contributed by atoms with E-state index in [0.717, 1.165) is 31.7 Å². The van der Waals surface area contributed by atoms with Crippen molar-refractivity contribution < 1.29 is 9.84 Å². The van der Waals surface area contributed by atoms with Crippen molar-refractivity contribution in [1.82, 2.24) is 9.88 Å². The molecule has 4 rings (SSSR count). The van der Waals surface area contributed by atoms with E-state index >= 15 is 0 Å². The molecular formula is C21H30N2O2. The summed E-state index contributed by atoms with van der Waals surface area (Å²) in [6.45, 7) is 7.08. The molecule has 3 heterocycles. The third kappa shape index (κ3) is 2.67. The molecule has 25 heavy (non-hydrogen) atoms. The van der Waals surface area contributed by atoms with Gasteiger partial charge in [-0.05, 0) is 48.3 Å². The van der Waals surface area contributed by atoms with Crippen LogP contribution in [-0.4, -0.2) is 41.8 Å². The number of ether oxygens (including phenoxy) is 1. The minimum absolute atomic E-state index is 0.293. The SMILES string of the molecule is CC[C@@H]1CN2CCc3c([nH]c4cccc(OC)c34)[C@@H]2C[C@@H]1[C@H](C)CO. The van der Waals surface area contributed by atoms with Crippen LogP contribution in [0.1, 0.15) is 44.0 Å². The van der Waals surface area contributed by atoms with E-state index in [-0.39, 0.29) is 0 Å². The van der Waals surface area contributed by atoms with Crippen molar-refractivity contribution in [2.45, 2.75) is 39.2 Å². The molecule has 0 aliphatic carbocycles. The molecule has 136 valence electrons. The van der Waals surface area contributed by atoms with Gasteiger partial charge in [-0.25, -0.2) is 0 Å². The monoisotopic (exact) mass is 342 g/mol. The number of aliphatic hydroxyl groups excluding tert-OH is 1. The number of aromatic nitrogens is 1. The molecule has 0 saturated carbocycles. The summed E-state index contributed by atoms with van der Waals surface area (Å²) in [5.41, 5.74) is 4.02. The van der Waals surface area contributed by atoms with Crippen molar-refractivity contribution in [2.24, 2.45) is 17.8 Å². The summed E-state index contributed by atoms with van der Waals surface area (Å²) in [5, 5.41) is 11.0. The van der Waals surface area contributed by atoms with E-state index in [4.69, 9.17) is 4.74 Å². The minimum atomic E-state index is 0.293. The molecule has 1 saturated heterocycles. The van der Waals surface area contributed by atoms with E-state index < -0.39 is 0 Å². The maximum Gasteiger partial charge on any atom is 0.128 e. The van der Waals surface area contributed by atoms with Crippen LogP contribution in [0.5, 0.6) is 5.75 Å². The Labute approximate surface area is 150 Å². The number of nitrogens with zero attached hydrogens (tertiary/aromatic N) is 1. The van der Waals surface area contributed by atoms with Crippen molar-refractivity contribution in [1.29, 1.82) is 0 Å². The molecular weight excluding hydrogens is 312 g/mol. The quantitative estimate of drug-likeness (QED) is 0.890. The lowest BCUT2D eigenvalue weighted by atomic mass is 9.72. The van der Waals surface area contributed by atoms with Gasteiger partial charge in [0.25, 0.3) is 0 Å². The third-order valence-electron chi connectivity index (χ3n) is 6.68. The molecule has 0 radical (unpaired) electrons. The third-order valence-corrected chi connectivity index (χ3v) is 6.68. The van der Waals surface area contributed by atoms with Crippen LogP contribution in [-0.2, 0) is 6.42 Å². The van der Waals surface area contributed by atoms with Gasteiger partial charge in [-0.3, -0.25) is 4.90 Å². The van der Waals surface area contributed by atoms with Gasteiger partial charge in [0.1, 0.15) is 5.75 Å². The van der Waals surface area contributed by atoms with Crippen LogP contribution in [0.2, 0.25) is 0 Å². The number of benzene rings is 1. The standard InChI is InChI=1S/C21H30N2O2/c1-4-14-11-23-9-8-15-20-17(6-5-7-19(20)25-3)22-21(15)18(23)10-16(14)13(2)12-24/h5-7,13-14,16,18,22,24H,4,8-12H2,1-3H3/t13-,14-,16-,18+/m1/s1. The van der Waals surface area contributed by atoms with Crippen molar-refractivity contribution in [3.05, 3.63) is 29.5 Å². The average Bonchev–Trinajstić information content (AvgIpc) is 3.05. The van der Waals surface area contributed by atoms with Crippen molar-refractivity contribution in [3.63, 3.8) is 0 Å². The van der Waals surface area contributed by atoms with Crippen molar-refractivity contribution >= 4 is 10.9 Å². The molecule has 0 spiro atoms. The van der Waals surface area contributed by atoms with Crippen LogP contribution in [0.3, 0.4) is 0 Å². The largest absolute Gasteiger partial charge is 0.496 e. The molecule has 4 nitrogen and oxygen atoms in total. The average molecular weight is 342 g/mol. The maximum atomic E-state index is 9.74. The fourth-order valence-corrected chi connectivity index (χ4v) is 5.25. The van der Waals surface area contributed by atoms with E-state index in [1.165, 1.54) is 28.6 Å². The van der Waals surface area contributed by atoms with E-state index in [9.17, 15) is 5.11 Å². The number of methoxy groups -OCH3 is 1. The Morgan fingerprint density at radius 2 is 2.24 bits per heavy atom. The predicted molar refractivity (Wildman–Crippen MR) is 101 cm³/mol. The number of piperidine rings is 1. The number of H-pyrrole nitrogens is 1. The van der Waals surface area contributed by atoms with Crippen LogP contribution in [0.25, 0.3) is 10.9 Å². The fourth-order valence-electron chi connectivity index (χ4n) is 5.25. The highest BCUT2D eigenvalue weighted by molar-refractivity contribution is 5.91. The van der Waals surface area contributed by atoms with Crippen molar-refractivity contribution in [3.8, 4) is 5.75 Å². The smallest absolute Gasteiger partial charge is 0.128 e. The molecule has 0 unspecified atom stereocenters. The van der Waals surface area contributed by atoms with E-state index in [0.29, 0.717) is 30.4 Å². The number of hydrogen-bond donors (Lipinski definition) is 2. The molecule has 0 bridgehead atoms. The second-order valence-corrected chi connectivity index (χ2v) is 7.89. The molecule has 1 aromatic heterocycles. The summed E-state index contributed by atoms with van der Waals surface area (Å²) in [6, 6.07) is 6.73. The lowest BCUT2D eigenvalue weighted by Crippen LogP contribution is -2.47. The summed E-state index contributed by atoms with van der Waals surface area (Å²) < 4.78 is 5.63. The van der Waals surface area contributed by atoms with Gasteiger partial charge < -0.3 is 14.8 Å². The summed E-state index contributed by atoms with van der Waals surface area (Å²) in [5.74, 6) is 2.64. The Bertz CT molecular complexity index is 754. The Hall–Kier alpha value is -1.52. The molecule has 4 heteroatoms. The van der Waals surface area contributed by atoms with Crippen LogP contribution < -0.4 is 4.74 Å². The molecule has 0 amide bonds. The number of fused-ring (bicyclic) bond motifs is 5. The van der Waals surface area contributed by atoms with Gasteiger partial charge in [-0.15, -0.1) is 0 Å². The zero-order valence-electron chi connectivity index (χ0n) is 15.6. The molecule has 2 aromatic rings. The first-order chi connectivity index (χ1) is 12.2. The lowest BCUT2D eigenvalue weighted by Gasteiger charge is -2.47. The van der Waals surface area contributed by atoms with Gasteiger partial charge in [0.2, 0.25) is 0 Å². The zero-order valence-corrected chi connectivity index (χ0v) is 15.6. The Kier molecular flexibility index (Phi) is 4.50. The summed E-state index contributed by atoms with van der Waals surface area (Å²) >= 11 is 0. The first-order valence-electron chi connectivity index (χ1n) is 9.70. The number of aliphatic hydroxyl groups is 1. The molecule has 2 aliphatic rings. The Morgan fingerprint density at radius 1 is 1.40 bits per heavy atom. The number of rotatable bonds is 4. The van der Waals surface area contributed by atoms with Gasteiger partial charge in [0, 0.05) is 36.3 Å². The minimum Gasteiger partial charge on any atom is -0.496 e. The maximum absolute atomic E-state index is 9.74. The topological polar surface area (TPSA) is 48.5 Å². The highest BCUT2D eigenvalue weighted by atomic mass is 16.5. The van der Waals surface area contributed by atoms with Crippen LogP contribution in [0, 0.1) is 17.8 Å². The molecule has 1 aromatic carbocycles. The Morgan fingerprint density at radius 3 is 2.96 bits per heavy atom.